The van der Waals surface area contributed by atoms with E-state index in [1.165, 1.54) is 0 Å². The van der Waals surface area contributed by atoms with E-state index in [-0.39, 0.29) is 6.09 Å². The highest BCUT2D eigenvalue weighted by Crippen LogP contribution is 2.12. The maximum atomic E-state index is 11.9. The van der Waals surface area contributed by atoms with Crippen molar-refractivity contribution in [1.82, 2.24) is 9.80 Å². The monoisotopic (exact) mass is 266 g/mol. The summed E-state index contributed by atoms with van der Waals surface area (Å²) < 4.78 is 5.37. The van der Waals surface area contributed by atoms with Crippen LogP contribution in [0.4, 0.5) is 4.79 Å². The maximum Gasteiger partial charge on any atom is 0.410 e. The summed E-state index contributed by atoms with van der Waals surface area (Å²) in [6.45, 7) is 10.1. The van der Waals surface area contributed by atoms with Gasteiger partial charge in [0.25, 0.3) is 0 Å². The number of hydrogen-bond acceptors (Lipinski definition) is 3. The van der Waals surface area contributed by atoms with Crippen molar-refractivity contribution in [3.63, 3.8) is 0 Å². The van der Waals surface area contributed by atoms with Crippen molar-refractivity contribution >= 4 is 6.09 Å². The van der Waals surface area contributed by atoms with Crippen LogP contribution < -0.4 is 0 Å². The summed E-state index contributed by atoms with van der Waals surface area (Å²) in [6.07, 6.45) is 8.11. The number of unbranched alkanes of at least 4 members (excludes halogenated alkanes) is 2. The second kappa shape index (κ2) is 7.40. The third-order valence-corrected chi connectivity index (χ3v) is 3.07. The smallest absolute Gasteiger partial charge is 0.410 e. The van der Waals surface area contributed by atoms with E-state index in [4.69, 9.17) is 11.2 Å². The van der Waals surface area contributed by atoms with Crippen molar-refractivity contribution in [3.05, 3.63) is 0 Å². The summed E-state index contributed by atoms with van der Waals surface area (Å²) in [5.41, 5.74) is -0.413. The van der Waals surface area contributed by atoms with Gasteiger partial charge < -0.3 is 9.64 Å². The summed E-state index contributed by atoms with van der Waals surface area (Å²) in [5.74, 6) is 2.66. The first kappa shape index (κ1) is 15.8. The summed E-state index contributed by atoms with van der Waals surface area (Å²) in [5, 5.41) is 0. The zero-order valence-electron chi connectivity index (χ0n) is 12.4. The first-order valence-electron chi connectivity index (χ1n) is 7.06. The molecule has 108 valence electrons. The molecule has 1 aliphatic rings. The van der Waals surface area contributed by atoms with E-state index >= 15 is 0 Å². The molecule has 4 heteroatoms. The Kier molecular flexibility index (Phi) is 6.17. The average Bonchev–Trinajstić information content (AvgIpc) is 2.33. The van der Waals surface area contributed by atoms with Crippen LogP contribution in [0.5, 0.6) is 0 Å². The minimum absolute atomic E-state index is 0.195. The molecule has 0 aromatic heterocycles. The minimum Gasteiger partial charge on any atom is -0.444 e. The predicted molar refractivity (Wildman–Crippen MR) is 76.9 cm³/mol. The molecule has 0 atom stereocenters. The number of carbonyl (C=O) groups excluding carboxylic acids is 1. The molecule has 1 saturated heterocycles. The summed E-state index contributed by atoms with van der Waals surface area (Å²) in [4.78, 5) is 16.1. The molecule has 0 aliphatic carbocycles. The Morgan fingerprint density at radius 3 is 2.37 bits per heavy atom. The van der Waals surface area contributed by atoms with E-state index in [1.54, 1.807) is 4.90 Å². The fraction of sp³-hybridized carbons (Fsp3) is 0.800. The molecule has 1 rings (SSSR count). The molecule has 1 fully saturated rings. The van der Waals surface area contributed by atoms with Crippen molar-refractivity contribution in [2.45, 2.75) is 45.6 Å². The van der Waals surface area contributed by atoms with E-state index in [2.05, 4.69) is 10.8 Å². The zero-order valence-corrected chi connectivity index (χ0v) is 12.4. The van der Waals surface area contributed by atoms with Gasteiger partial charge in [-0.05, 0) is 40.2 Å². The lowest BCUT2D eigenvalue weighted by molar-refractivity contribution is 0.0144. The van der Waals surface area contributed by atoms with Crippen LogP contribution >= 0.6 is 0 Å². The number of hydrogen-bond donors (Lipinski definition) is 0. The summed E-state index contributed by atoms with van der Waals surface area (Å²) in [6, 6.07) is 0. The van der Waals surface area contributed by atoms with E-state index < -0.39 is 5.60 Å². The molecule has 19 heavy (non-hydrogen) atoms. The van der Waals surface area contributed by atoms with Gasteiger partial charge in [0.2, 0.25) is 0 Å². The molecular formula is C15H26N2O2. The topological polar surface area (TPSA) is 32.8 Å². The van der Waals surface area contributed by atoms with Gasteiger partial charge in [0.05, 0.1) is 0 Å². The third-order valence-electron chi connectivity index (χ3n) is 3.07. The zero-order chi connectivity index (χ0) is 14.3. The van der Waals surface area contributed by atoms with Crippen molar-refractivity contribution in [1.29, 1.82) is 0 Å². The largest absolute Gasteiger partial charge is 0.444 e. The standard InChI is InChI=1S/C15H26N2O2/c1-5-6-7-8-9-16-10-12-17(13-11-16)14(18)19-15(2,3)4/h1H,6-13H2,2-4H3. The molecule has 0 radical (unpaired) electrons. The molecule has 0 unspecified atom stereocenters. The van der Waals surface area contributed by atoms with Crippen molar-refractivity contribution in [2.24, 2.45) is 0 Å². The molecule has 1 heterocycles. The van der Waals surface area contributed by atoms with Crippen molar-refractivity contribution in [3.8, 4) is 12.3 Å². The molecule has 1 aliphatic heterocycles. The number of piperazine rings is 1. The highest BCUT2D eigenvalue weighted by Gasteiger charge is 2.25. The molecule has 4 nitrogen and oxygen atoms in total. The van der Waals surface area contributed by atoms with Crippen LogP contribution in [0.25, 0.3) is 0 Å². The highest BCUT2D eigenvalue weighted by molar-refractivity contribution is 5.68. The van der Waals surface area contributed by atoms with E-state index in [0.29, 0.717) is 0 Å². The SMILES string of the molecule is C#CCCCCN1CCN(C(=O)OC(C)(C)C)CC1. The first-order chi connectivity index (χ1) is 8.92. The second-order valence-corrected chi connectivity index (χ2v) is 5.97. The summed E-state index contributed by atoms with van der Waals surface area (Å²) in [7, 11) is 0. The van der Waals surface area contributed by atoms with Crippen LogP contribution in [0.3, 0.4) is 0 Å². The lowest BCUT2D eigenvalue weighted by Crippen LogP contribution is -2.50. The molecule has 0 aromatic carbocycles. The van der Waals surface area contributed by atoms with Gasteiger partial charge in [0, 0.05) is 32.6 Å². The van der Waals surface area contributed by atoms with Gasteiger partial charge in [-0.1, -0.05) is 0 Å². The molecular weight excluding hydrogens is 240 g/mol. The lowest BCUT2D eigenvalue weighted by atomic mass is 10.2. The number of rotatable bonds is 4. The maximum absolute atomic E-state index is 11.9. The fourth-order valence-electron chi connectivity index (χ4n) is 2.04. The third kappa shape index (κ3) is 6.49. The predicted octanol–water partition coefficient (Wildman–Crippen LogP) is 2.34. The van der Waals surface area contributed by atoms with Crippen LogP contribution in [0, 0.1) is 12.3 Å². The van der Waals surface area contributed by atoms with Gasteiger partial charge in [-0.3, -0.25) is 4.90 Å². The van der Waals surface area contributed by atoms with Gasteiger partial charge in [0.1, 0.15) is 5.60 Å². The Labute approximate surface area is 117 Å². The molecule has 0 aromatic rings. The van der Waals surface area contributed by atoms with Gasteiger partial charge >= 0.3 is 6.09 Å². The van der Waals surface area contributed by atoms with Crippen LogP contribution in [-0.4, -0.2) is 54.2 Å². The Morgan fingerprint density at radius 1 is 1.21 bits per heavy atom. The normalized spacial score (nSPS) is 17.1. The van der Waals surface area contributed by atoms with Crippen LogP contribution in [0.1, 0.15) is 40.0 Å². The number of terminal acetylenes is 1. The molecule has 0 spiro atoms. The Bertz CT molecular complexity index is 320. The Morgan fingerprint density at radius 2 is 1.84 bits per heavy atom. The van der Waals surface area contributed by atoms with E-state index in [9.17, 15) is 4.79 Å². The first-order valence-corrected chi connectivity index (χ1v) is 7.06. The van der Waals surface area contributed by atoms with Crippen LogP contribution in [0.2, 0.25) is 0 Å². The number of carbonyl (C=O) groups is 1. The Balaban J connectivity index is 2.22. The molecule has 0 saturated carbocycles. The van der Waals surface area contributed by atoms with Gasteiger partial charge in [-0.25, -0.2) is 4.79 Å². The highest BCUT2D eigenvalue weighted by atomic mass is 16.6. The van der Waals surface area contributed by atoms with Crippen molar-refractivity contribution < 1.29 is 9.53 Å². The quantitative estimate of drug-likeness (QED) is 0.578. The Hall–Kier alpha value is -1.21. The molecule has 0 bridgehead atoms. The number of amides is 1. The van der Waals surface area contributed by atoms with E-state index in [1.807, 2.05) is 20.8 Å². The molecule has 1 amide bonds. The van der Waals surface area contributed by atoms with Gasteiger partial charge in [0.15, 0.2) is 0 Å². The number of nitrogens with zero attached hydrogens (tertiary/aromatic N) is 2. The van der Waals surface area contributed by atoms with Gasteiger partial charge in [-0.2, -0.15) is 0 Å². The van der Waals surface area contributed by atoms with Crippen LogP contribution in [-0.2, 0) is 4.74 Å². The lowest BCUT2D eigenvalue weighted by Gasteiger charge is -2.35. The second-order valence-electron chi connectivity index (χ2n) is 5.97. The fourth-order valence-corrected chi connectivity index (χ4v) is 2.04. The van der Waals surface area contributed by atoms with Gasteiger partial charge in [-0.15, -0.1) is 12.3 Å². The van der Waals surface area contributed by atoms with E-state index in [0.717, 1.165) is 52.0 Å². The van der Waals surface area contributed by atoms with Crippen LogP contribution in [0.15, 0.2) is 0 Å². The minimum atomic E-state index is -0.413. The average molecular weight is 266 g/mol. The van der Waals surface area contributed by atoms with Crippen molar-refractivity contribution in [2.75, 3.05) is 32.7 Å². The summed E-state index contributed by atoms with van der Waals surface area (Å²) >= 11 is 0. The molecule has 0 N–H and O–H groups in total. The number of ether oxygens (including phenoxy) is 1.